The topological polar surface area (TPSA) is 90.1 Å². The summed E-state index contributed by atoms with van der Waals surface area (Å²) in [5, 5.41) is 2.83. The number of ether oxygens (including phenoxy) is 1. The summed E-state index contributed by atoms with van der Waals surface area (Å²) in [6.45, 7) is 2.35. The number of aryl methyl sites for hydroxylation is 1. The van der Waals surface area contributed by atoms with Crippen molar-refractivity contribution in [2.24, 2.45) is 0 Å². The molecule has 0 aliphatic rings. The molecule has 6 heteroatoms. The van der Waals surface area contributed by atoms with Crippen molar-refractivity contribution in [2.45, 2.75) is 19.9 Å². The maximum atomic E-state index is 12.1. The fourth-order valence-corrected chi connectivity index (χ4v) is 1.84. The van der Waals surface area contributed by atoms with Gasteiger partial charge in [-0.1, -0.05) is 13.0 Å². The largest absolute Gasteiger partial charge is 0.481 e. The molecule has 0 aliphatic heterocycles. The van der Waals surface area contributed by atoms with E-state index in [0.717, 1.165) is 17.7 Å². The zero-order valence-corrected chi connectivity index (χ0v) is 12.1. The van der Waals surface area contributed by atoms with Crippen LogP contribution in [-0.2, 0) is 13.0 Å². The molecule has 0 spiro atoms. The number of rotatable bonds is 5. The van der Waals surface area contributed by atoms with Gasteiger partial charge in [0, 0.05) is 30.1 Å². The highest BCUT2D eigenvalue weighted by Crippen LogP contribution is 2.10. The molecule has 110 valence electrons. The van der Waals surface area contributed by atoms with Crippen molar-refractivity contribution in [3.63, 3.8) is 0 Å². The molecule has 0 unspecified atom stereocenters. The average molecular weight is 286 g/mol. The van der Waals surface area contributed by atoms with Crippen molar-refractivity contribution in [1.29, 1.82) is 0 Å². The molecule has 6 nitrogen and oxygen atoms in total. The summed E-state index contributed by atoms with van der Waals surface area (Å²) in [6, 6.07) is 6.92. The van der Waals surface area contributed by atoms with Gasteiger partial charge in [-0.15, -0.1) is 0 Å². The Morgan fingerprint density at radius 1 is 1.38 bits per heavy atom. The number of pyridine rings is 2. The molecule has 0 aromatic carbocycles. The van der Waals surface area contributed by atoms with Crippen LogP contribution in [0.15, 0.2) is 30.5 Å². The number of nitrogens with two attached hydrogens (primary N) is 1. The predicted octanol–water partition coefficient (Wildman–Crippen LogP) is 1.56. The zero-order valence-electron chi connectivity index (χ0n) is 12.1. The SMILES string of the molecule is CCc1cc(C(=O)NCc2ccc(OC)nc2)cc(N)n1. The van der Waals surface area contributed by atoms with Crippen LogP contribution in [-0.4, -0.2) is 23.0 Å². The van der Waals surface area contributed by atoms with E-state index < -0.39 is 0 Å². The Morgan fingerprint density at radius 3 is 2.81 bits per heavy atom. The summed E-state index contributed by atoms with van der Waals surface area (Å²) < 4.78 is 4.98. The zero-order chi connectivity index (χ0) is 15.2. The lowest BCUT2D eigenvalue weighted by atomic mass is 10.1. The monoisotopic (exact) mass is 286 g/mol. The average Bonchev–Trinajstić information content (AvgIpc) is 2.52. The highest BCUT2D eigenvalue weighted by Gasteiger charge is 2.08. The first-order chi connectivity index (χ1) is 10.1. The molecule has 3 N–H and O–H groups in total. The molecule has 2 heterocycles. The Hall–Kier alpha value is -2.63. The predicted molar refractivity (Wildman–Crippen MR) is 80.0 cm³/mol. The quantitative estimate of drug-likeness (QED) is 0.870. The van der Waals surface area contributed by atoms with Crippen molar-refractivity contribution >= 4 is 11.7 Å². The highest BCUT2D eigenvalue weighted by atomic mass is 16.5. The molecule has 0 radical (unpaired) electrons. The summed E-state index contributed by atoms with van der Waals surface area (Å²) >= 11 is 0. The number of aromatic nitrogens is 2. The van der Waals surface area contributed by atoms with Crippen LogP contribution in [0.3, 0.4) is 0 Å². The first kappa shape index (κ1) is 14.8. The number of nitrogen functional groups attached to an aromatic ring is 1. The summed E-state index contributed by atoms with van der Waals surface area (Å²) in [5.41, 5.74) is 7.90. The summed E-state index contributed by atoms with van der Waals surface area (Å²) in [4.78, 5) is 20.4. The Labute approximate surface area is 123 Å². The van der Waals surface area contributed by atoms with Crippen molar-refractivity contribution < 1.29 is 9.53 Å². The molecular weight excluding hydrogens is 268 g/mol. The van der Waals surface area contributed by atoms with Crippen LogP contribution in [0, 0.1) is 0 Å². The first-order valence-electron chi connectivity index (χ1n) is 6.66. The molecule has 0 saturated carbocycles. The lowest BCUT2D eigenvalue weighted by molar-refractivity contribution is 0.0950. The maximum Gasteiger partial charge on any atom is 0.251 e. The summed E-state index contributed by atoms with van der Waals surface area (Å²) in [7, 11) is 1.56. The second kappa shape index (κ2) is 6.69. The fraction of sp³-hybridized carbons (Fsp3) is 0.267. The van der Waals surface area contributed by atoms with Crippen molar-refractivity contribution in [1.82, 2.24) is 15.3 Å². The highest BCUT2D eigenvalue weighted by molar-refractivity contribution is 5.94. The third-order valence-electron chi connectivity index (χ3n) is 2.98. The number of hydrogen-bond acceptors (Lipinski definition) is 5. The molecule has 2 aromatic heterocycles. The normalized spacial score (nSPS) is 10.2. The molecule has 0 fully saturated rings. The van der Waals surface area contributed by atoms with Gasteiger partial charge in [0.15, 0.2) is 0 Å². The Kier molecular flexibility index (Phi) is 4.71. The standard InChI is InChI=1S/C15H18N4O2/c1-3-12-6-11(7-13(16)19-12)15(20)18-9-10-4-5-14(21-2)17-8-10/h4-8H,3,9H2,1-2H3,(H2,16,19)(H,18,20). The van der Waals surface area contributed by atoms with E-state index in [-0.39, 0.29) is 5.91 Å². The summed E-state index contributed by atoms with van der Waals surface area (Å²) in [6.07, 6.45) is 2.39. The minimum atomic E-state index is -0.186. The molecule has 2 aromatic rings. The second-order valence-electron chi connectivity index (χ2n) is 4.52. The van der Waals surface area contributed by atoms with Gasteiger partial charge in [0.25, 0.3) is 5.91 Å². The minimum Gasteiger partial charge on any atom is -0.481 e. The minimum absolute atomic E-state index is 0.186. The van der Waals surface area contributed by atoms with Crippen LogP contribution < -0.4 is 15.8 Å². The lowest BCUT2D eigenvalue weighted by Crippen LogP contribution is -2.23. The van der Waals surface area contributed by atoms with Gasteiger partial charge in [-0.05, 0) is 24.1 Å². The molecule has 1 amide bonds. The second-order valence-corrected chi connectivity index (χ2v) is 4.52. The van der Waals surface area contributed by atoms with E-state index >= 15 is 0 Å². The Balaban J connectivity index is 2.02. The number of nitrogens with zero attached hydrogens (tertiary/aromatic N) is 2. The number of amides is 1. The van der Waals surface area contributed by atoms with E-state index in [1.807, 2.05) is 13.0 Å². The van der Waals surface area contributed by atoms with Crippen molar-refractivity contribution in [2.75, 3.05) is 12.8 Å². The van der Waals surface area contributed by atoms with Gasteiger partial charge in [0.1, 0.15) is 5.82 Å². The Morgan fingerprint density at radius 2 is 2.19 bits per heavy atom. The van der Waals surface area contributed by atoms with Crippen LogP contribution in [0.1, 0.15) is 28.5 Å². The molecule has 2 rings (SSSR count). The van der Waals surface area contributed by atoms with Crippen molar-refractivity contribution in [3.8, 4) is 5.88 Å². The van der Waals surface area contributed by atoms with E-state index in [1.165, 1.54) is 0 Å². The lowest BCUT2D eigenvalue weighted by Gasteiger charge is -2.07. The molecule has 21 heavy (non-hydrogen) atoms. The van der Waals surface area contributed by atoms with Crippen LogP contribution in [0.2, 0.25) is 0 Å². The number of methoxy groups -OCH3 is 1. The van der Waals surface area contributed by atoms with Crippen LogP contribution in [0.25, 0.3) is 0 Å². The van der Waals surface area contributed by atoms with Gasteiger partial charge in [0.2, 0.25) is 5.88 Å². The van der Waals surface area contributed by atoms with Gasteiger partial charge >= 0.3 is 0 Å². The molecule has 0 saturated heterocycles. The Bertz CT molecular complexity index is 626. The van der Waals surface area contributed by atoms with E-state index in [2.05, 4.69) is 15.3 Å². The van der Waals surface area contributed by atoms with Gasteiger partial charge < -0.3 is 15.8 Å². The number of carbonyl (C=O) groups excluding carboxylic acids is 1. The van der Waals surface area contributed by atoms with Crippen molar-refractivity contribution in [3.05, 3.63) is 47.3 Å². The van der Waals surface area contributed by atoms with Gasteiger partial charge in [-0.2, -0.15) is 0 Å². The van der Waals surface area contributed by atoms with E-state index in [1.54, 1.807) is 31.5 Å². The third kappa shape index (κ3) is 3.92. The number of nitrogens with one attached hydrogen (secondary N) is 1. The molecule has 0 atom stereocenters. The van der Waals surface area contributed by atoms with E-state index in [9.17, 15) is 4.79 Å². The van der Waals surface area contributed by atoms with Gasteiger partial charge in [-0.3, -0.25) is 4.79 Å². The van der Waals surface area contributed by atoms with Crippen LogP contribution in [0.4, 0.5) is 5.82 Å². The fourth-order valence-electron chi connectivity index (χ4n) is 1.84. The number of hydrogen-bond donors (Lipinski definition) is 2. The maximum absolute atomic E-state index is 12.1. The first-order valence-corrected chi connectivity index (χ1v) is 6.66. The van der Waals surface area contributed by atoms with Gasteiger partial charge in [-0.25, -0.2) is 9.97 Å². The number of carbonyl (C=O) groups is 1. The number of anilines is 1. The van der Waals surface area contributed by atoms with Gasteiger partial charge in [0.05, 0.1) is 7.11 Å². The third-order valence-corrected chi connectivity index (χ3v) is 2.98. The van der Waals surface area contributed by atoms with E-state index in [0.29, 0.717) is 23.8 Å². The summed E-state index contributed by atoms with van der Waals surface area (Å²) in [5.74, 6) is 0.708. The smallest absolute Gasteiger partial charge is 0.251 e. The molecule has 0 aliphatic carbocycles. The van der Waals surface area contributed by atoms with E-state index in [4.69, 9.17) is 10.5 Å². The van der Waals surface area contributed by atoms with Crippen LogP contribution >= 0.6 is 0 Å². The molecule has 0 bridgehead atoms. The molecular formula is C15H18N4O2. The van der Waals surface area contributed by atoms with Crippen LogP contribution in [0.5, 0.6) is 5.88 Å².